The fraction of sp³-hybridized carbons (Fsp3) is 0.433. The maximum absolute atomic E-state index is 13.7. The molecule has 4 rings (SSSR count). The predicted molar refractivity (Wildman–Crippen MR) is 152 cm³/mol. The quantitative estimate of drug-likeness (QED) is 0.338. The number of nitrogens with one attached hydrogen (secondary N) is 2. The molecule has 2 heterocycles. The van der Waals surface area contributed by atoms with Gasteiger partial charge in [0.05, 0.1) is 30.1 Å². The summed E-state index contributed by atoms with van der Waals surface area (Å²) in [5.74, 6) is -0.534. The van der Waals surface area contributed by atoms with Crippen molar-refractivity contribution in [2.24, 2.45) is 11.8 Å². The van der Waals surface area contributed by atoms with Gasteiger partial charge >= 0.3 is 5.97 Å². The molecule has 0 bridgehead atoms. The van der Waals surface area contributed by atoms with Crippen molar-refractivity contribution in [1.82, 2.24) is 19.6 Å². The van der Waals surface area contributed by atoms with Crippen molar-refractivity contribution in [1.29, 1.82) is 5.26 Å². The highest BCUT2D eigenvalue weighted by Gasteiger charge is 2.48. The SMILES string of the molecule is CCC1(C)C(Cc2ccc(C#N)cc2)C(C(=O)OCc2cccc(CNS(C)(=O)=O)c2)CCN1Cc1cnc[nH]1. The van der Waals surface area contributed by atoms with Gasteiger partial charge in [-0.1, -0.05) is 43.3 Å². The number of sulfonamides is 1. The van der Waals surface area contributed by atoms with E-state index in [0.717, 1.165) is 41.6 Å². The lowest BCUT2D eigenvalue weighted by atomic mass is 9.67. The van der Waals surface area contributed by atoms with Crippen LogP contribution in [0.5, 0.6) is 0 Å². The number of benzene rings is 2. The number of nitrogens with zero attached hydrogens (tertiary/aromatic N) is 3. The molecule has 3 unspecified atom stereocenters. The lowest BCUT2D eigenvalue weighted by Gasteiger charge is -2.52. The first-order chi connectivity index (χ1) is 19.1. The number of rotatable bonds is 11. The van der Waals surface area contributed by atoms with Crippen LogP contribution in [0, 0.1) is 23.2 Å². The molecule has 3 aromatic rings. The third-order valence-electron chi connectivity index (χ3n) is 8.10. The molecule has 0 aliphatic carbocycles. The van der Waals surface area contributed by atoms with Gasteiger partial charge in [0.1, 0.15) is 6.61 Å². The Bertz CT molecular complexity index is 1430. The minimum Gasteiger partial charge on any atom is -0.461 e. The molecule has 10 heteroatoms. The van der Waals surface area contributed by atoms with Crippen molar-refractivity contribution >= 4 is 16.0 Å². The van der Waals surface area contributed by atoms with E-state index in [1.807, 2.05) is 54.7 Å². The van der Waals surface area contributed by atoms with Crippen molar-refractivity contribution in [3.63, 3.8) is 0 Å². The Morgan fingerprint density at radius 1 is 1.23 bits per heavy atom. The first-order valence-corrected chi connectivity index (χ1v) is 15.4. The Morgan fingerprint density at radius 3 is 2.62 bits per heavy atom. The molecule has 1 fully saturated rings. The van der Waals surface area contributed by atoms with Gasteiger partial charge in [0.25, 0.3) is 0 Å². The van der Waals surface area contributed by atoms with E-state index in [0.29, 0.717) is 24.9 Å². The summed E-state index contributed by atoms with van der Waals surface area (Å²) in [6.07, 6.45) is 6.84. The molecule has 212 valence electrons. The number of aromatic amines is 1. The highest BCUT2D eigenvalue weighted by Crippen LogP contribution is 2.43. The van der Waals surface area contributed by atoms with Crippen LogP contribution in [0.25, 0.3) is 0 Å². The number of nitriles is 1. The van der Waals surface area contributed by atoms with Crippen LogP contribution < -0.4 is 4.72 Å². The van der Waals surface area contributed by atoms with Gasteiger partial charge in [-0.15, -0.1) is 0 Å². The average molecular weight is 564 g/mol. The Balaban J connectivity index is 1.53. The first kappa shape index (κ1) is 29.5. The lowest BCUT2D eigenvalue weighted by Crippen LogP contribution is -2.59. The van der Waals surface area contributed by atoms with Gasteiger partial charge in [0.2, 0.25) is 10.0 Å². The molecule has 1 aromatic heterocycles. The first-order valence-electron chi connectivity index (χ1n) is 13.5. The Morgan fingerprint density at radius 2 is 1.98 bits per heavy atom. The summed E-state index contributed by atoms with van der Waals surface area (Å²) in [4.78, 5) is 23.5. The van der Waals surface area contributed by atoms with E-state index in [1.165, 1.54) is 0 Å². The molecule has 3 atom stereocenters. The number of hydrogen-bond donors (Lipinski definition) is 2. The summed E-state index contributed by atoms with van der Waals surface area (Å²) in [5.41, 5.74) is 4.04. The summed E-state index contributed by atoms with van der Waals surface area (Å²) in [6, 6.07) is 17.1. The smallest absolute Gasteiger partial charge is 0.309 e. The van der Waals surface area contributed by atoms with Gasteiger partial charge in [-0.25, -0.2) is 18.1 Å². The van der Waals surface area contributed by atoms with Gasteiger partial charge in [-0.3, -0.25) is 9.69 Å². The summed E-state index contributed by atoms with van der Waals surface area (Å²) in [5, 5.41) is 9.22. The minimum atomic E-state index is -3.31. The number of imidazole rings is 1. The van der Waals surface area contributed by atoms with Crippen LogP contribution in [0.4, 0.5) is 0 Å². The topological polar surface area (TPSA) is 128 Å². The molecular formula is C30H37N5O4S. The number of piperidine rings is 1. The normalized spacial score (nSPS) is 21.6. The van der Waals surface area contributed by atoms with Crippen LogP contribution in [0.2, 0.25) is 0 Å². The van der Waals surface area contributed by atoms with Crippen LogP contribution in [-0.4, -0.2) is 47.6 Å². The number of likely N-dealkylation sites (tertiary alicyclic amines) is 1. The minimum absolute atomic E-state index is 0.0140. The van der Waals surface area contributed by atoms with Gasteiger partial charge in [-0.05, 0) is 67.5 Å². The summed E-state index contributed by atoms with van der Waals surface area (Å²) in [6.45, 7) is 6.15. The number of carbonyl (C=O) groups excluding carboxylic acids is 1. The van der Waals surface area contributed by atoms with Crippen molar-refractivity contribution < 1.29 is 17.9 Å². The third kappa shape index (κ3) is 7.36. The second-order valence-corrected chi connectivity index (χ2v) is 12.6. The van der Waals surface area contributed by atoms with Crippen molar-refractivity contribution in [2.75, 3.05) is 12.8 Å². The highest BCUT2D eigenvalue weighted by molar-refractivity contribution is 7.88. The van der Waals surface area contributed by atoms with Crippen LogP contribution in [0.1, 0.15) is 54.6 Å². The molecule has 2 aromatic carbocycles. The lowest BCUT2D eigenvalue weighted by molar-refractivity contribution is -0.159. The number of ether oxygens (including phenoxy) is 1. The highest BCUT2D eigenvalue weighted by atomic mass is 32.2. The molecule has 1 aliphatic heterocycles. The van der Waals surface area contributed by atoms with Crippen LogP contribution in [0.15, 0.2) is 61.1 Å². The maximum Gasteiger partial charge on any atom is 0.309 e. The molecule has 0 spiro atoms. The Hall–Kier alpha value is -3.52. The monoisotopic (exact) mass is 563 g/mol. The number of aromatic nitrogens is 2. The molecule has 0 radical (unpaired) electrons. The number of hydrogen-bond acceptors (Lipinski definition) is 7. The van der Waals surface area contributed by atoms with Gasteiger partial charge in [0.15, 0.2) is 0 Å². The molecule has 40 heavy (non-hydrogen) atoms. The zero-order valence-corrected chi connectivity index (χ0v) is 24.1. The van der Waals surface area contributed by atoms with Gasteiger partial charge in [-0.2, -0.15) is 5.26 Å². The van der Waals surface area contributed by atoms with Crippen molar-refractivity contribution in [3.8, 4) is 6.07 Å². The number of carbonyl (C=O) groups is 1. The molecular weight excluding hydrogens is 526 g/mol. The van der Waals surface area contributed by atoms with E-state index in [4.69, 9.17) is 4.74 Å². The molecule has 1 saturated heterocycles. The van der Waals surface area contributed by atoms with E-state index in [1.54, 1.807) is 6.33 Å². The van der Waals surface area contributed by atoms with Crippen LogP contribution >= 0.6 is 0 Å². The fourth-order valence-corrected chi connectivity index (χ4v) is 6.09. The fourth-order valence-electron chi connectivity index (χ4n) is 5.66. The van der Waals surface area contributed by atoms with E-state index < -0.39 is 10.0 Å². The molecule has 9 nitrogen and oxygen atoms in total. The van der Waals surface area contributed by atoms with Crippen molar-refractivity contribution in [3.05, 3.63) is 89.0 Å². The third-order valence-corrected chi connectivity index (χ3v) is 8.77. The van der Waals surface area contributed by atoms with Crippen LogP contribution in [-0.2, 0) is 45.7 Å². The second kappa shape index (κ2) is 12.8. The zero-order valence-electron chi connectivity index (χ0n) is 23.3. The largest absolute Gasteiger partial charge is 0.461 e. The van der Waals surface area contributed by atoms with Gasteiger partial charge in [0, 0.05) is 30.5 Å². The number of H-pyrrole nitrogens is 1. The average Bonchev–Trinajstić information content (AvgIpc) is 3.46. The maximum atomic E-state index is 13.7. The summed E-state index contributed by atoms with van der Waals surface area (Å²) in [7, 11) is -3.31. The Labute approximate surface area is 236 Å². The summed E-state index contributed by atoms with van der Waals surface area (Å²) >= 11 is 0. The molecule has 0 amide bonds. The molecule has 0 saturated carbocycles. The number of esters is 1. The van der Waals surface area contributed by atoms with E-state index in [9.17, 15) is 18.5 Å². The Kier molecular flexibility index (Phi) is 9.40. The molecule has 1 aliphatic rings. The zero-order chi connectivity index (χ0) is 28.8. The van der Waals surface area contributed by atoms with Crippen molar-refractivity contribution in [2.45, 2.75) is 58.3 Å². The predicted octanol–water partition coefficient (Wildman–Crippen LogP) is 3.92. The van der Waals surface area contributed by atoms with E-state index >= 15 is 0 Å². The van der Waals surface area contributed by atoms with E-state index in [-0.39, 0.29) is 36.5 Å². The second-order valence-electron chi connectivity index (χ2n) is 10.7. The van der Waals surface area contributed by atoms with E-state index in [2.05, 4.69) is 39.5 Å². The standard InChI is InChI=1S/C30H37N5O4S/c1-4-30(2)28(15-22-8-10-23(16-31)11-9-22)27(12-13-35(30)19-26-18-32-21-33-26)29(36)39-20-25-7-5-6-24(14-25)17-34-40(3,37)38/h5-11,14,18,21,27-28,34H,4,12-13,15,17,19-20H2,1-3H3,(H,32,33). The van der Waals surface area contributed by atoms with Gasteiger partial charge < -0.3 is 9.72 Å². The molecule has 2 N–H and O–H groups in total. The van der Waals surface area contributed by atoms with Crippen LogP contribution in [0.3, 0.4) is 0 Å². The summed E-state index contributed by atoms with van der Waals surface area (Å²) < 4.78 is 31.3.